The molecule has 1 aliphatic carbocycles. The van der Waals surface area contributed by atoms with Crippen molar-refractivity contribution in [3.8, 4) is 22.6 Å². The largest absolute Gasteiger partial charge is 0.497 e. The summed E-state index contributed by atoms with van der Waals surface area (Å²) in [5.74, 6) is 0.583. The Morgan fingerprint density at radius 2 is 1.88 bits per heavy atom. The van der Waals surface area contributed by atoms with Gasteiger partial charge in [0.1, 0.15) is 24.1 Å². The van der Waals surface area contributed by atoms with Crippen LogP contribution in [0.2, 0.25) is 0 Å². The Morgan fingerprint density at radius 1 is 1.12 bits per heavy atom. The topological polar surface area (TPSA) is 97.0 Å². The Labute approximate surface area is 199 Å². The molecule has 2 aliphatic rings. The SMILES string of the molecule is COc1ccc2c(c1)-c1cccc(c1)C(=O)N(C)[C@H](C(=O)NC1CC1)CCC(=O)N[C@H](C)CO2. The Balaban J connectivity index is 1.72. The number of ether oxygens (including phenoxy) is 2. The molecule has 2 N–H and O–H groups in total. The lowest BCUT2D eigenvalue weighted by atomic mass is 10.0. The molecular weight excluding hydrogens is 434 g/mol. The van der Waals surface area contributed by atoms with Crippen LogP contribution < -0.4 is 20.1 Å². The van der Waals surface area contributed by atoms with Crippen molar-refractivity contribution in [1.29, 1.82) is 0 Å². The van der Waals surface area contributed by atoms with Gasteiger partial charge in [0.25, 0.3) is 5.91 Å². The van der Waals surface area contributed by atoms with Crippen molar-refractivity contribution in [1.82, 2.24) is 15.5 Å². The summed E-state index contributed by atoms with van der Waals surface area (Å²) >= 11 is 0. The van der Waals surface area contributed by atoms with E-state index in [0.29, 0.717) is 17.1 Å². The van der Waals surface area contributed by atoms with Crippen LogP contribution in [0.4, 0.5) is 0 Å². The van der Waals surface area contributed by atoms with E-state index in [1.54, 1.807) is 26.3 Å². The molecule has 2 aromatic carbocycles. The molecule has 1 heterocycles. The van der Waals surface area contributed by atoms with Crippen molar-refractivity contribution < 1.29 is 23.9 Å². The summed E-state index contributed by atoms with van der Waals surface area (Å²) in [6, 6.07) is 11.9. The summed E-state index contributed by atoms with van der Waals surface area (Å²) in [5.41, 5.74) is 2.01. The zero-order valence-corrected chi connectivity index (χ0v) is 19.8. The molecule has 1 aliphatic heterocycles. The highest BCUT2D eigenvalue weighted by Crippen LogP contribution is 2.34. The zero-order valence-electron chi connectivity index (χ0n) is 19.8. The molecule has 0 spiro atoms. The molecule has 2 bridgehead atoms. The maximum atomic E-state index is 13.4. The summed E-state index contributed by atoms with van der Waals surface area (Å²) < 4.78 is 11.4. The lowest BCUT2D eigenvalue weighted by molar-refractivity contribution is -0.126. The summed E-state index contributed by atoms with van der Waals surface area (Å²) in [6.45, 7) is 2.14. The highest BCUT2D eigenvalue weighted by Gasteiger charge is 2.32. The van der Waals surface area contributed by atoms with E-state index in [1.807, 2.05) is 37.3 Å². The molecule has 1 fully saturated rings. The van der Waals surface area contributed by atoms with Crippen LogP contribution in [-0.4, -0.2) is 61.5 Å². The fraction of sp³-hybridized carbons (Fsp3) is 0.423. The van der Waals surface area contributed by atoms with E-state index in [4.69, 9.17) is 9.47 Å². The molecule has 8 nitrogen and oxygen atoms in total. The van der Waals surface area contributed by atoms with Gasteiger partial charge < -0.3 is 25.0 Å². The third-order valence-corrected chi connectivity index (χ3v) is 6.16. The quantitative estimate of drug-likeness (QED) is 0.727. The Bertz CT molecular complexity index is 1080. The van der Waals surface area contributed by atoms with Gasteiger partial charge in [-0.05, 0) is 62.1 Å². The lowest BCUT2D eigenvalue weighted by Crippen LogP contribution is -2.49. The number of nitrogens with zero attached hydrogens (tertiary/aromatic N) is 1. The fourth-order valence-electron chi connectivity index (χ4n) is 4.05. The van der Waals surface area contributed by atoms with Gasteiger partial charge in [-0.2, -0.15) is 0 Å². The first-order valence-electron chi connectivity index (χ1n) is 11.6. The molecule has 0 unspecified atom stereocenters. The van der Waals surface area contributed by atoms with Gasteiger partial charge in [0.05, 0.1) is 13.2 Å². The molecule has 34 heavy (non-hydrogen) atoms. The Hall–Kier alpha value is -3.55. The molecule has 180 valence electrons. The average molecular weight is 466 g/mol. The van der Waals surface area contributed by atoms with Gasteiger partial charge in [-0.1, -0.05) is 12.1 Å². The van der Waals surface area contributed by atoms with Gasteiger partial charge in [-0.3, -0.25) is 14.4 Å². The van der Waals surface area contributed by atoms with Crippen LogP contribution in [0.25, 0.3) is 11.1 Å². The predicted octanol–water partition coefficient (Wildman–Crippen LogP) is 2.76. The van der Waals surface area contributed by atoms with Crippen molar-refractivity contribution in [2.24, 2.45) is 0 Å². The normalized spacial score (nSPS) is 21.3. The van der Waals surface area contributed by atoms with Gasteiger partial charge in [0.2, 0.25) is 11.8 Å². The van der Waals surface area contributed by atoms with Gasteiger partial charge in [0.15, 0.2) is 0 Å². The van der Waals surface area contributed by atoms with E-state index in [2.05, 4.69) is 10.6 Å². The summed E-state index contributed by atoms with van der Waals surface area (Å²) in [4.78, 5) is 40.4. The summed E-state index contributed by atoms with van der Waals surface area (Å²) in [5, 5.41) is 5.90. The number of carbonyl (C=O) groups is 3. The number of benzene rings is 2. The van der Waals surface area contributed by atoms with E-state index in [9.17, 15) is 14.4 Å². The van der Waals surface area contributed by atoms with E-state index in [-0.39, 0.29) is 49.3 Å². The number of likely N-dealkylation sites (N-methyl/N-ethyl adjacent to an activating group) is 1. The minimum atomic E-state index is -0.744. The maximum absolute atomic E-state index is 13.4. The van der Waals surface area contributed by atoms with E-state index < -0.39 is 6.04 Å². The van der Waals surface area contributed by atoms with Crippen LogP contribution in [0.3, 0.4) is 0 Å². The third kappa shape index (κ3) is 5.50. The molecule has 0 radical (unpaired) electrons. The first-order valence-corrected chi connectivity index (χ1v) is 11.6. The molecule has 0 saturated heterocycles. The molecule has 8 heteroatoms. The smallest absolute Gasteiger partial charge is 0.254 e. The second kappa shape index (κ2) is 10.2. The summed E-state index contributed by atoms with van der Waals surface area (Å²) in [6.07, 6.45) is 2.24. The number of carbonyl (C=O) groups excluding carboxylic acids is 3. The minimum absolute atomic E-state index is 0.124. The second-order valence-corrected chi connectivity index (χ2v) is 8.98. The molecule has 2 aromatic rings. The van der Waals surface area contributed by atoms with Crippen molar-refractivity contribution in [3.05, 3.63) is 48.0 Å². The van der Waals surface area contributed by atoms with Gasteiger partial charge >= 0.3 is 0 Å². The van der Waals surface area contributed by atoms with Crippen molar-refractivity contribution in [2.75, 3.05) is 20.8 Å². The van der Waals surface area contributed by atoms with Crippen molar-refractivity contribution in [3.63, 3.8) is 0 Å². The van der Waals surface area contributed by atoms with Crippen LogP contribution in [-0.2, 0) is 9.59 Å². The van der Waals surface area contributed by atoms with Crippen LogP contribution in [0.1, 0.15) is 43.0 Å². The highest BCUT2D eigenvalue weighted by molar-refractivity contribution is 5.98. The average Bonchev–Trinajstić information content (AvgIpc) is 3.65. The number of methoxy groups -OCH3 is 1. The summed E-state index contributed by atoms with van der Waals surface area (Å²) in [7, 11) is 3.21. The number of amides is 3. The number of nitrogens with one attached hydrogen (secondary N) is 2. The van der Waals surface area contributed by atoms with Crippen LogP contribution in [0.15, 0.2) is 42.5 Å². The third-order valence-electron chi connectivity index (χ3n) is 6.16. The van der Waals surface area contributed by atoms with Crippen molar-refractivity contribution >= 4 is 17.7 Å². The Kier molecular flexibility index (Phi) is 7.05. The first-order chi connectivity index (χ1) is 16.4. The number of rotatable bonds is 3. The predicted molar refractivity (Wildman–Crippen MR) is 128 cm³/mol. The minimum Gasteiger partial charge on any atom is -0.497 e. The first kappa shape index (κ1) is 23.6. The van der Waals surface area contributed by atoms with Gasteiger partial charge in [-0.25, -0.2) is 0 Å². The molecule has 1 saturated carbocycles. The molecule has 2 atom stereocenters. The van der Waals surface area contributed by atoms with Crippen LogP contribution in [0.5, 0.6) is 11.5 Å². The van der Waals surface area contributed by atoms with E-state index in [0.717, 1.165) is 24.0 Å². The van der Waals surface area contributed by atoms with Crippen molar-refractivity contribution in [2.45, 2.75) is 50.7 Å². The Morgan fingerprint density at radius 3 is 2.62 bits per heavy atom. The lowest BCUT2D eigenvalue weighted by Gasteiger charge is -2.27. The molecule has 3 amide bonds. The zero-order chi connectivity index (χ0) is 24.2. The van der Waals surface area contributed by atoms with E-state index in [1.165, 1.54) is 4.90 Å². The van der Waals surface area contributed by atoms with Gasteiger partial charge in [0, 0.05) is 30.6 Å². The highest BCUT2D eigenvalue weighted by atomic mass is 16.5. The molecule has 4 rings (SSSR count). The van der Waals surface area contributed by atoms with Gasteiger partial charge in [-0.15, -0.1) is 0 Å². The standard InChI is InChI=1S/C26H31N3O5/c1-16-15-34-23-11-9-20(33-3)14-21(23)17-5-4-6-18(13-17)26(32)29(2)22(10-12-24(30)27-16)25(31)28-19-7-8-19/h4-6,9,11,13-14,16,19,22H,7-8,10,12,15H2,1-3H3,(H,27,30)(H,28,31)/t16-,22+/m1/s1. The molecular formula is C26H31N3O5. The fourth-order valence-corrected chi connectivity index (χ4v) is 4.05. The maximum Gasteiger partial charge on any atom is 0.254 e. The number of fused-ring (bicyclic) bond motifs is 4. The molecule has 0 aromatic heterocycles. The van der Waals surface area contributed by atoms with Crippen LogP contribution in [0, 0.1) is 0 Å². The van der Waals surface area contributed by atoms with E-state index >= 15 is 0 Å². The van der Waals surface area contributed by atoms with Crippen LogP contribution >= 0.6 is 0 Å². The number of hydrogen-bond acceptors (Lipinski definition) is 5. The second-order valence-electron chi connectivity index (χ2n) is 8.98. The number of hydrogen-bond donors (Lipinski definition) is 2. The monoisotopic (exact) mass is 465 g/mol.